The first kappa shape index (κ1) is 19.3. The molecule has 1 aromatic carbocycles. The van der Waals surface area contributed by atoms with Gasteiger partial charge in [-0.1, -0.05) is 51.9 Å². The van der Waals surface area contributed by atoms with Crippen molar-refractivity contribution >= 4 is 12.0 Å². The Morgan fingerprint density at radius 2 is 1.69 bits per heavy atom. The highest BCUT2D eigenvalue weighted by molar-refractivity contribution is 5.85. The minimum absolute atomic E-state index is 0.738. The smallest absolute Gasteiger partial charge is 0.153 e. The zero-order valence-corrected chi connectivity index (χ0v) is 16.5. The maximum atomic E-state index is 11.6. The molecule has 0 spiro atoms. The Labute approximate surface area is 159 Å². The van der Waals surface area contributed by atoms with E-state index in [9.17, 15) is 4.79 Å². The van der Waals surface area contributed by atoms with Crippen molar-refractivity contribution < 1.29 is 9.53 Å². The van der Waals surface area contributed by atoms with Gasteiger partial charge in [-0.3, -0.25) is 4.79 Å². The predicted molar refractivity (Wildman–Crippen MR) is 109 cm³/mol. The molecule has 0 unspecified atom stereocenters. The Bertz CT molecular complexity index is 594. The highest BCUT2D eigenvalue weighted by atomic mass is 16.5. The number of aldehydes is 1. The number of hydrogen-bond acceptors (Lipinski definition) is 3. The lowest BCUT2D eigenvalue weighted by Crippen LogP contribution is -2.35. The van der Waals surface area contributed by atoms with E-state index in [0.29, 0.717) is 0 Å². The van der Waals surface area contributed by atoms with Crippen molar-refractivity contribution in [2.45, 2.75) is 84.0 Å². The molecule has 0 saturated carbocycles. The fourth-order valence-electron chi connectivity index (χ4n) is 4.52. The van der Waals surface area contributed by atoms with Crippen LogP contribution in [-0.2, 0) is 12.8 Å². The Morgan fingerprint density at radius 3 is 2.42 bits per heavy atom. The fraction of sp³-hybridized carbons (Fsp3) is 0.696. The molecule has 0 fully saturated rings. The molecule has 0 aromatic heterocycles. The summed E-state index contributed by atoms with van der Waals surface area (Å²) in [7, 11) is 0. The zero-order valence-electron chi connectivity index (χ0n) is 16.5. The summed E-state index contributed by atoms with van der Waals surface area (Å²) in [6.45, 7) is 5.30. The molecule has 2 aliphatic heterocycles. The van der Waals surface area contributed by atoms with E-state index in [1.807, 2.05) is 0 Å². The van der Waals surface area contributed by atoms with Crippen molar-refractivity contribution in [3.8, 4) is 5.75 Å². The monoisotopic (exact) mass is 357 g/mol. The van der Waals surface area contributed by atoms with Gasteiger partial charge in [0, 0.05) is 24.3 Å². The van der Waals surface area contributed by atoms with Crippen LogP contribution >= 0.6 is 0 Å². The third kappa shape index (κ3) is 4.61. The maximum Gasteiger partial charge on any atom is 0.153 e. The fourth-order valence-corrected chi connectivity index (χ4v) is 4.52. The molecule has 144 valence electrons. The van der Waals surface area contributed by atoms with Gasteiger partial charge < -0.3 is 9.64 Å². The normalized spacial score (nSPS) is 15.7. The van der Waals surface area contributed by atoms with E-state index in [4.69, 9.17) is 4.74 Å². The number of carbonyl (C=O) groups excluding carboxylic acids is 1. The standard InChI is InChI=1S/C23H35NO2/c1-2-3-4-5-6-7-8-9-16-26-23-20(18-25)17-19-12-10-14-24-15-11-13-21(23)22(19)24/h17-18H,2-16H2,1H3. The van der Waals surface area contributed by atoms with Crippen LogP contribution in [0.3, 0.4) is 0 Å². The predicted octanol–water partition coefficient (Wildman–Crippen LogP) is 5.72. The van der Waals surface area contributed by atoms with Crippen LogP contribution in [0.5, 0.6) is 5.75 Å². The highest BCUT2D eigenvalue weighted by Gasteiger charge is 2.28. The van der Waals surface area contributed by atoms with Crippen molar-refractivity contribution in [3.05, 3.63) is 22.8 Å². The molecule has 0 amide bonds. The molecule has 0 N–H and O–H groups in total. The molecule has 2 aliphatic rings. The molecule has 0 radical (unpaired) electrons. The lowest BCUT2D eigenvalue weighted by molar-refractivity contribution is 0.111. The number of unbranched alkanes of at least 4 members (excludes halogenated alkanes) is 7. The molecule has 2 heterocycles. The van der Waals surface area contributed by atoms with Gasteiger partial charge in [-0.05, 0) is 43.7 Å². The van der Waals surface area contributed by atoms with Crippen LogP contribution in [0.2, 0.25) is 0 Å². The largest absolute Gasteiger partial charge is 0.492 e. The van der Waals surface area contributed by atoms with E-state index in [0.717, 1.165) is 56.6 Å². The summed E-state index contributed by atoms with van der Waals surface area (Å²) < 4.78 is 6.19. The van der Waals surface area contributed by atoms with Crippen LogP contribution in [0.4, 0.5) is 5.69 Å². The van der Waals surface area contributed by atoms with Crippen LogP contribution in [0.25, 0.3) is 0 Å². The first-order chi connectivity index (χ1) is 12.8. The summed E-state index contributed by atoms with van der Waals surface area (Å²) in [5, 5.41) is 0. The van der Waals surface area contributed by atoms with Crippen molar-refractivity contribution in [1.82, 2.24) is 0 Å². The van der Waals surface area contributed by atoms with Gasteiger partial charge in [0.2, 0.25) is 0 Å². The third-order valence-corrected chi connectivity index (χ3v) is 5.87. The minimum atomic E-state index is 0.738. The molecule has 0 atom stereocenters. The van der Waals surface area contributed by atoms with E-state index in [1.54, 1.807) is 0 Å². The lowest BCUT2D eigenvalue weighted by Gasteiger charge is -2.38. The number of anilines is 1. The number of benzene rings is 1. The van der Waals surface area contributed by atoms with Gasteiger partial charge >= 0.3 is 0 Å². The van der Waals surface area contributed by atoms with Gasteiger partial charge in [-0.15, -0.1) is 0 Å². The molecule has 0 aliphatic carbocycles. The Hall–Kier alpha value is -1.51. The Balaban J connectivity index is 1.55. The van der Waals surface area contributed by atoms with Crippen LogP contribution < -0.4 is 9.64 Å². The van der Waals surface area contributed by atoms with E-state index < -0.39 is 0 Å². The van der Waals surface area contributed by atoms with E-state index in [2.05, 4.69) is 17.9 Å². The van der Waals surface area contributed by atoms with Crippen molar-refractivity contribution in [3.63, 3.8) is 0 Å². The summed E-state index contributed by atoms with van der Waals surface area (Å²) in [6, 6.07) is 2.09. The van der Waals surface area contributed by atoms with E-state index in [1.165, 1.54) is 74.6 Å². The summed E-state index contributed by atoms with van der Waals surface area (Å²) in [4.78, 5) is 14.2. The summed E-state index contributed by atoms with van der Waals surface area (Å²) in [5.74, 6) is 0.883. The number of carbonyl (C=O) groups is 1. The summed E-state index contributed by atoms with van der Waals surface area (Å²) >= 11 is 0. The van der Waals surface area contributed by atoms with Crippen molar-refractivity contribution in [2.24, 2.45) is 0 Å². The zero-order chi connectivity index (χ0) is 18.2. The van der Waals surface area contributed by atoms with Crippen LogP contribution in [0.1, 0.15) is 92.6 Å². The number of aryl methyl sites for hydroxylation is 1. The van der Waals surface area contributed by atoms with E-state index in [-0.39, 0.29) is 0 Å². The number of nitrogens with zero attached hydrogens (tertiary/aromatic N) is 1. The second kappa shape index (κ2) is 9.99. The minimum Gasteiger partial charge on any atom is -0.492 e. The van der Waals surface area contributed by atoms with Gasteiger partial charge in [0.1, 0.15) is 5.75 Å². The molecule has 0 saturated heterocycles. The molecule has 3 heteroatoms. The van der Waals surface area contributed by atoms with Crippen LogP contribution in [-0.4, -0.2) is 26.0 Å². The summed E-state index contributed by atoms with van der Waals surface area (Å²) in [6.07, 6.45) is 15.9. The average molecular weight is 358 g/mol. The SMILES string of the molecule is CCCCCCCCCCOc1c(C=O)cc2c3c1CCCN3CCC2. The Morgan fingerprint density at radius 1 is 1.00 bits per heavy atom. The first-order valence-electron chi connectivity index (χ1n) is 10.9. The number of ether oxygens (including phenoxy) is 1. The summed E-state index contributed by atoms with van der Waals surface area (Å²) in [5.41, 5.74) is 4.81. The molecule has 1 aromatic rings. The molecular weight excluding hydrogens is 322 g/mol. The molecule has 26 heavy (non-hydrogen) atoms. The molecule has 3 rings (SSSR count). The number of rotatable bonds is 11. The lowest BCUT2D eigenvalue weighted by atomic mass is 9.89. The molecule has 0 bridgehead atoms. The first-order valence-corrected chi connectivity index (χ1v) is 10.9. The van der Waals surface area contributed by atoms with Crippen LogP contribution in [0.15, 0.2) is 6.07 Å². The topological polar surface area (TPSA) is 29.5 Å². The van der Waals surface area contributed by atoms with Crippen molar-refractivity contribution in [1.29, 1.82) is 0 Å². The second-order valence-corrected chi connectivity index (χ2v) is 7.92. The molecular formula is C23H35NO2. The third-order valence-electron chi connectivity index (χ3n) is 5.87. The van der Waals surface area contributed by atoms with Gasteiger partial charge in [0.25, 0.3) is 0 Å². The van der Waals surface area contributed by atoms with Gasteiger partial charge in [-0.2, -0.15) is 0 Å². The second-order valence-electron chi connectivity index (χ2n) is 7.92. The highest BCUT2D eigenvalue weighted by Crippen LogP contribution is 2.42. The van der Waals surface area contributed by atoms with Crippen LogP contribution in [0, 0.1) is 0 Å². The van der Waals surface area contributed by atoms with Gasteiger partial charge in [0.05, 0.1) is 12.2 Å². The number of hydrogen-bond donors (Lipinski definition) is 0. The van der Waals surface area contributed by atoms with Gasteiger partial charge in [-0.25, -0.2) is 0 Å². The van der Waals surface area contributed by atoms with Gasteiger partial charge in [0.15, 0.2) is 6.29 Å². The average Bonchev–Trinajstić information content (AvgIpc) is 2.68. The maximum absolute atomic E-state index is 11.6. The quantitative estimate of drug-likeness (QED) is 0.375. The molecule has 3 nitrogen and oxygen atoms in total. The van der Waals surface area contributed by atoms with E-state index >= 15 is 0 Å². The Kier molecular flexibility index (Phi) is 7.40. The van der Waals surface area contributed by atoms with Crippen molar-refractivity contribution in [2.75, 3.05) is 24.6 Å².